The first-order valence-corrected chi connectivity index (χ1v) is 6.08. The highest BCUT2D eigenvalue weighted by atomic mass is 32.1. The van der Waals surface area contributed by atoms with Crippen molar-refractivity contribution in [2.24, 2.45) is 0 Å². The molecule has 0 bridgehead atoms. The summed E-state index contributed by atoms with van der Waals surface area (Å²) >= 11 is 1.47. The second-order valence-electron chi connectivity index (χ2n) is 3.48. The summed E-state index contributed by atoms with van der Waals surface area (Å²) in [7, 11) is 0. The third kappa shape index (κ3) is 2.80. The summed E-state index contributed by atoms with van der Waals surface area (Å²) in [5, 5.41) is 10.1. The second kappa shape index (κ2) is 5.09. The van der Waals surface area contributed by atoms with Crippen LogP contribution in [0.1, 0.15) is 18.2 Å². The Balaban J connectivity index is 1.79. The molecule has 0 spiro atoms. The van der Waals surface area contributed by atoms with Gasteiger partial charge in [-0.25, -0.2) is 4.98 Å². The molecule has 86 valence electrons. The van der Waals surface area contributed by atoms with Crippen LogP contribution in [0.5, 0.6) is 0 Å². The topological polar surface area (TPSA) is 68.8 Å². The summed E-state index contributed by atoms with van der Waals surface area (Å²) in [5.74, 6) is 0. The maximum absolute atomic E-state index is 5.55. The lowest BCUT2D eigenvalue weighted by atomic mass is 10.3. The number of thiazole rings is 1. The van der Waals surface area contributed by atoms with E-state index in [0.29, 0.717) is 5.13 Å². The summed E-state index contributed by atoms with van der Waals surface area (Å²) in [6.45, 7) is 4.52. The van der Waals surface area contributed by atoms with Crippen molar-refractivity contribution in [3.8, 4) is 0 Å². The van der Waals surface area contributed by atoms with Crippen molar-refractivity contribution in [2.45, 2.75) is 26.6 Å². The minimum Gasteiger partial charge on any atom is -0.375 e. The number of hydrogen-bond acceptors (Lipinski definition) is 5. The Morgan fingerprint density at radius 3 is 3.00 bits per heavy atom. The number of nitrogens with one attached hydrogen (secondary N) is 1. The Morgan fingerprint density at radius 1 is 1.50 bits per heavy atom. The Labute approximate surface area is 98.3 Å². The van der Waals surface area contributed by atoms with E-state index in [1.807, 2.05) is 22.5 Å². The lowest BCUT2D eigenvalue weighted by Gasteiger charge is -1.99. The molecule has 0 aromatic carbocycles. The van der Waals surface area contributed by atoms with Gasteiger partial charge in [0.2, 0.25) is 0 Å². The third-order valence-corrected chi connectivity index (χ3v) is 2.94. The van der Waals surface area contributed by atoms with E-state index in [2.05, 4.69) is 22.3 Å². The van der Waals surface area contributed by atoms with Crippen molar-refractivity contribution in [3.05, 3.63) is 29.0 Å². The second-order valence-corrected chi connectivity index (χ2v) is 4.37. The van der Waals surface area contributed by atoms with Crippen LogP contribution in [0.4, 0.5) is 5.13 Å². The minimum absolute atomic E-state index is 0.621. The molecule has 5 nitrogen and oxygen atoms in total. The van der Waals surface area contributed by atoms with Crippen LogP contribution in [0.15, 0.2) is 17.8 Å². The molecule has 0 radical (unpaired) electrons. The smallest absolute Gasteiger partial charge is 0.180 e. The van der Waals surface area contributed by atoms with E-state index < -0.39 is 0 Å². The number of nitrogen functional groups attached to an aromatic ring is 1. The maximum Gasteiger partial charge on any atom is 0.180 e. The Bertz CT molecular complexity index is 448. The van der Waals surface area contributed by atoms with Crippen molar-refractivity contribution in [1.82, 2.24) is 20.1 Å². The lowest BCUT2D eigenvalue weighted by Crippen LogP contribution is -2.12. The van der Waals surface area contributed by atoms with E-state index in [-0.39, 0.29) is 0 Å². The zero-order chi connectivity index (χ0) is 11.4. The van der Waals surface area contributed by atoms with Crippen molar-refractivity contribution in [1.29, 1.82) is 0 Å². The van der Waals surface area contributed by atoms with Gasteiger partial charge in [0.1, 0.15) is 0 Å². The summed E-state index contributed by atoms with van der Waals surface area (Å²) < 4.78 is 1.91. The lowest BCUT2D eigenvalue weighted by molar-refractivity contribution is 0.654. The van der Waals surface area contributed by atoms with Crippen LogP contribution in [0, 0.1) is 0 Å². The number of nitrogens with two attached hydrogens (primary N) is 1. The number of aromatic nitrogens is 3. The molecule has 0 fully saturated rings. The SMILES string of the molecule is CCn1cc(CNCc2csc(N)n2)cn1. The van der Waals surface area contributed by atoms with Crippen molar-refractivity contribution in [3.63, 3.8) is 0 Å². The van der Waals surface area contributed by atoms with Crippen molar-refractivity contribution < 1.29 is 0 Å². The molecule has 0 unspecified atom stereocenters. The van der Waals surface area contributed by atoms with Gasteiger partial charge in [0.15, 0.2) is 5.13 Å². The Morgan fingerprint density at radius 2 is 2.38 bits per heavy atom. The van der Waals surface area contributed by atoms with Gasteiger partial charge in [-0.05, 0) is 6.92 Å². The molecule has 0 saturated carbocycles. The largest absolute Gasteiger partial charge is 0.375 e. The monoisotopic (exact) mass is 237 g/mol. The van der Waals surface area contributed by atoms with Gasteiger partial charge in [-0.3, -0.25) is 4.68 Å². The van der Waals surface area contributed by atoms with Gasteiger partial charge < -0.3 is 11.1 Å². The van der Waals surface area contributed by atoms with Gasteiger partial charge in [-0.1, -0.05) is 0 Å². The van der Waals surface area contributed by atoms with Crippen LogP contribution in [-0.4, -0.2) is 14.8 Å². The number of rotatable bonds is 5. The summed E-state index contributed by atoms with van der Waals surface area (Å²) in [5.41, 5.74) is 7.73. The molecule has 3 N–H and O–H groups in total. The fraction of sp³-hybridized carbons (Fsp3) is 0.400. The maximum atomic E-state index is 5.55. The molecular weight excluding hydrogens is 222 g/mol. The van der Waals surface area contributed by atoms with Crippen molar-refractivity contribution in [2.75, 3.05) is 5.73 Å². The molecule has 2 aromatic heterocycles. The van der Waals surface area contributed by atoms with Crippen LogP contribution in [0.25, 0.3) is 0 Å². The van der Waals surface area contributed by atoms with E-state index in [1.165, 1.54) is 16.9 Å². The normalized spacial score (nSPS) is 10.8. The molecule has 6 heteroatoms. The standard InChI is InChI=1S/C10H15N5S/c1-2-15-6-8(4-13-15)3-12-5-9-7-16-10(11)14-9/h4,6-7,12H,2-3,5H2,1H3,(H2,11,14). The molecule has 0 aliphatic heterocycles. The molecule has 16 heavy (non-hydrogen) atoms. The van der Waals surface area contributed by atoms with E-state index in [4.69, 9.17) is 5.73 Å². The number of anilines is 1. The predicted molar refractivity (Wildman–Crippen MR) is 65.0 cm³/mol. The van der Waals surface area contributed by atoms with Crippen LogP contribution < -0.4 is 11.1 Å². The first-order chi connectivity index (χ1) is 7.78. The fourth-order valence-electron chi connectivity index (χ4n) is 1.41. The molecule has 2 aromatic rings. The number of nitrogens with zero attached hydrogens (tertiary/aromatic N) is 3. The molecule has 2 rings (SSSR count). The molecule has 0 amide bonds. The highest BCUT2D eigenvalue weighted by Crippen LogP contribution is 2.10. The van der Waals surface area contributed by atoms with Crippen LogP contribution in [0.2, 0.25) is 0 Å². The summed E-state index contributed by atoms with van der Waals surface area (Å²) in [6, 6.07) is 0. The molecule has 0 aliphatic carbocycles. The van der Waals surface area contributed by atoms with Crippen LogP contribution in [-0.2, 0) is 19.6 Å². The molecule has 0 aliphatic rings. The zero-order valence-corrected chi connectivity index (χ0v) is 10.00. The van der Waals surface area contributed by atoms with Gasteiger partial charge in [0, 0.05) is 36.8 Å². The van der Waals surface area contributed by atoms with Gasteiger partial charge in [0.25, 0.3) is 0 Å². The predicted octanol–water partition coefficient (Wildman–Crippen LogP) is 1.23. The first-order valence-electron chi connectivity index (χ1n) is 5.20. The Hall–Kier alpha value is -1.40. The molecular formula is C10H15N5S. The summed E-state index contributed by atoms with van der Waals surface area (Å²) in [6.07, 6.45) is 3.92. The number of aryl methyl sites for hydroxylation is 1. The first kappa shape index (κ1) is 11.1. The Kier molecular flexibility index (Phi) is 3.53. The van der Waals surface area contributed by atoms with Gasteiger partial charge in [-0.2, -0.15) is 5.10 Å². The average molecular weight is 237 g/mol. The average Bonchev–Trinajstić information content (AvgIpc) is 2.88. The van der Waals surface area contributed by atoms with Gasteiger partial charge >= 0.3 is 0 Å². The summed E-state index contributed by atoms with van der Waals surface area (Å²) in [4.78, 5) is 4.18. The van der Waals surface area contributed by atoms with E-state index in [9.17, 15) is 0 Å². The van der Waals surface area contributed by atoms with E-state index >= 15 is 0 Å². The minimum atomic E-state index is 0.621. The third-order valence-electron chi connectivity index (χ3n) is 2.22. The number of hydrogen-bond donors (Lipinski definition) is 2. The van der Waals surface area contributed by atoms with Gasteiger partial charge in [-0.15, -0.1) is 11.3 Å². The quantitative estimate of drug-likeness (QED) is 0.820. The van der Waals surface area contributed by atoms with Crippen LogP contribution in [0.3, 0.4) is 0 Å². The molecule has 0 saturated heterocycles. The van der Waals surface area contributed by atoms with E-state index in [0.717, 1.165) is 25.3 Å². The highest BCUT2D eigenvalue weighted by molar-refractivity contribution is 7.13. The van der Waals surface area contributed by atoms with Crippen LogP contribution >= 0.6 is 11.3 Å². The van der Waals surface area contributed by atoms with Gasteiger partial charge in [0.05, 0.1) is 11.9 Å². The zero-order valence-electron chi connectivity index (χ0n) is 9.18. The fourth-order valence-corrected chi connectivity index (χ4v) is 1.97. The highest BCUT2D eigenvalue weighted by Gasteiger charge is 2.00. The molecule has 2 heterocycles. The van der Waals surface area contributed by atoms with Crippen molar-refractivity contribution >= 4 is 16.5 Å². The van der Waals surface area contributed by atoms with E-state index in [1.54, 1.807) is 0 Å². The molecule has 0 atom stereocenters.